The maximum absolute atomic E-state index is 12.0. The summed E-state index contributed by atoms with van der Waals surface area (Å²) in [6.07, 6.45) is 3.01. The number of aromatic nitrogens is 1. The van der Waals surface area contributed by atoms with Crippen LogP contribution in [0.25, 0.3) is 5.69 Å². The van der Waals surface area contributed by atoms with Gasteiger partial charge in [-0.3, -0.25) is 4.79 Å². The molecule has 1 aromatic carbocycles. The van der Waals surface area contributed by atoms with Crippen LogP contribution in [0.1, 0.15) is 27.5 Å². The molecule has 116 valence electrons. The number of hydrogen-bond acceptors (Lipinski definition) is 3. The fraction of sp³-hybridized carbons (Fsp3) is 0.111. The van der Waals surface area contributed by atoms with Gasteiger partial charge in [-0.05, 0) is 62.4 Å². The second-order valence-electron chi connectivity index (χ2n) is 5.21. The Hall–Kier alpha value is -3.08. The largest absolute Gasteiger partial charge is 0.463 e. The molecule has 0 saturated carbocycles. The molecule has 0 atom stereocenters. The first-order chi connectivity index (χ1) is 11.1. The van der Waals surface area contributed by atoms with Crippen molar-refractivity contribution in [2.45, 2.75) is 13.8 Å². The third kappa shape index (κ3) is 3.23. The van der Waals surface area contributed by atoms with Crippen LogP contribution in [-0.2, 0) is 0 Å². The van der Waals surface area contributed by atoms with Gasteiger partial charge in [-0.25, -0.2) is 5.43 Å². The van der Waals surface area contributed by atoms with Crippen LogP contribution < -0.4 is 5.43 Å². The lowest BCUT2D eigenvalue weighted by molar-refractivity contribution is 0.0955. The summed E-state index contributed by atoms with van der Waals surface area (Å²) in [7, 11) is 0. The summed E-state index contributed by atoms with van der Waals surface area (Å²) >= 11 is 0. The molecule has 1 N–H and O–H groups in total. The van der Waals surface area contributed by atoms with Crippen molar-refractivity contribution in [2.24, 2.45) is 5.10 Å². The summed E-state index contributed by atoms with van der Waals surface area (Å²) in [6.45, 7) is 4.11. The van der Waals surface area contributed by atoms with Crippen molar-refractivity contribution in [1.29, 1.82) is 0 Å². The normalized spacial score (nSPS) is 11.0. The fourth-order valence-electron chi connectivity index (χ4n) is 2.42. The molecule has 3 aromatic rings. The Bertz CT molecular complexity index is 808. The van der Waals surface area contributed by atoms with Crippen molar-refractivity contribution in [3.8, 4) is 5.69 Å². The van der Waals surface area contributed by atoms with Gasteiger partial charge in [0, 0.05) is 22.6 Å². The highest BCUT2D eigenvalue weighted by Crippen LogP contribution is 2.16. The number of nitrogens with zero attached hydrogens (tertiary/aromatic N) is 2. The first-order valence-electron chi connectivity index (χ1n) is 7.27. The highest BCUT2D eigenvalue weighted by atomic mass is 16.3. The SMILES string of the molecule is Cc1ccc(C)n1-c1ccc(C(=O)N/N=C\c2ccco2)cc1. The predicted octanol–water partition coefficient (Wildman–Crippen LogP) is 3.45. The molecule has 2 heterocycles. The molecule has 2 aromatic heterocycles. The number of carbonyl (C=O) groups is 1. The van der Waals surface area contributed by atoms with E-state index in [-0.39, 0.29) is 5.91 Å². The minimum atomic E-state index is -0.264. The number of amides is 1. The van der Waals surface area contributed by atoms with E-state index in [0.29, 0.717) is 11.3 Å². The van der Waals surface area contributed by atoms with Crippen LogP contribution in [0.2, 0.25) is 0 Å². The number of hydrazone groups is 1. The van der Waals surface area contributed by atoms with Crippen LogP contribution in [0.5, 0.6) is 0 Å². The van der Waals surface area contributed by atoms with Gasteiger partial charge < -0.3 is 8.98 Å². The number of aryl methyl sites for hydroxylation is 2. The molecular weight excluding hydrogens is 290 g/mol. The van der Waals surface area contributed by atoms with E-state index in [9.17, 15) is 4.79 Å². The van der Waals surface area contributed by atoms with Crippen LogP contribution in [-0.4, -0.2) is 16.7 Å². The van der Waals surface area contributed by atoms with E-state index in [1.54, 1.807) is 30.5 Å². The van der Waals surface area contributed by atoms with Gasteiger partial charge in [0.15, 0.2) is 0 Å². The Kier molecular flexibility index (Phi) is 4.10. The highest BCUT2D eigenvalue weighted by Gasteiger charge is 2.07. The van der Waals surface area contributed by atoms with Crippen molar-refractivity contribution < 1.29 is 9.21 Å². The zero-order chi connectivity index (χ0) is 16.2. The Morgan fingerprint density at radius 2 is 1.78 bits per heavy atom. The third-order valence-corrected chi connectivity index (χ3v) is 3.56. The van der Waals surface area contributed by atoms with E-state index >= 15 is 0 Å². The molecule has 0 bridgehead atoms. The maximum atomic E-state index is 12.0. The second kappa shape index (κ2) is 6.36. The number of rotatable bonds is 4. The molecule has 0 fully saturated rings. The summed E-state index contributed by atoms with van der Waals surface area (Å²) in [5, 5.41) is 3.87. The lowest BCUT2D eigenvalue weighted by Gasteiger charge is -2.09. The second-order valence-corrected chi connectivity index (χ2v) is 5.21. The Balaban J connectivity index is 1.71. The number of nitrogens with one attached hydrogen (secondary N) is 1. The number of hydrogen-bond donors (Lipinski definition) is 1. The number of benzene rings is 1. The summed E-state index contributed by atoms with van der Waals surface area (Å²) in [5.41, 5.74) is 6.37. The Morgan fingerprint density at radius 1 is 1.09 bits per heavy atom. The fourth-order valence-corrected chi connectivity index (χ4v) is 2.42. The molecule has 3 rings (SSSR count). The van der Waals surface area contributed by atoms with Crippen molar-refractivity contribution in [1.82, 2.24) is 9.99 Å². The maximum Gasteiger partial charge on any atom is 0.271 e. The average molecular weight is 307 g/mol. The standard InChI is InChI=1S/C18H17N3O2/c1-13-5-6-14(2)21(13)16-9-7-15(8-10-16)18(22)20-19-12-17-4-3-11-23-17/h3-12H,1-2H3,(H,20,22)/b19-12-. The predicted molar refractivity (Wildman–Crippen MR) is 89.0 cm³/mol. The Labute approximate surface area is 134 Å². The zero-order valence-corrected chi connectivity index (χ0v) is 13.0. The molecule has 0 spiro atoms. The summed E-state index contributed by atoms with van der Waals surface area (Å²) in [5.74, 6) is 0.319. The quantitative estimate of drug-likeness (QED) is 0.593. The molecule has 0 aliphatic carbocycles. The van der Waals surface area contributed by atoms with Crippen molar-refractivity contribution in [3.05, 3.63) is 77.5 Å². The molecule has 0 unspecified atom stereocenters. The topological polar surface area (TPSA) is 59.5 Å². The van der Waals surface area contributed by atoms with E-state index in [1.165, 1.54) is 6.21 Å². The molecule has 0 saturated heterocycles. The van der Waals surface area contributed by atoms with E-state index in [2.05, 4.69) is 41.1 Å². The van der Waals surface area contributed by atoms with Crippen LogP contribution in [0, 0.1) is 13.8 Å². The van der Waals surface area contributed by atoms with E-state index in [4.69, 9.17) is 4.42 Å². The van der Waals surface area contributed by atoms with E-state index in [1.807, 2.05) is 12.1 Å². The van der Waals surface area contributed by atoms with Gasteiger partial charge in [0.25, 0.3) is 5.91 Å². The van der Waals surface area contributed by atoms with Gasteiger partial charge in [0.05, 0.1) is 12.5 Å². The molecular formula is C18H17N3O2. The van der Waals surface area contributed by atoms with Gasteiger partial charge in [-0.15, -0.1) is 0 Å². The highest BCUT2D eigenvalue weighted by molar-refractivity contribution is 5.94. The monoisotopic (exact) mass is 307 g/mol. The molecule has 5 heteroatoms. The molecule has 23 heavy (non-hydrogen) atoms. The molecule has 0 radical (unpaired) electrons. The van der Waals surface area contributed by atoms with Gasteiger partial charge in [-0.2, -0.15) is 5.10 Å². The minimum Gasteiger partial charge on any atom is -0.463 e. The van der Waals surface area contributed by atoms with Crippen molar-refractivity contribution in [3.63, 3.8) is 0 Å². The van der Waals surface area contributed by atoms with Crippen molar-refractivity contribution >= 4 is 12.1 Å². The average Bonchev–Trinajstić information content (AvgIpc) is 3.18. The minimum absolute atomic E-state index is 0.264. The summed E-state index contributed by atoms with van der Waals surface area (Å²) < 4.78 is 7.23. The summed E-state index contributed by atoms with van der Waals surface area (Å²) in [4.78, 5) is 12.0. The van der Waals surface area contributed by atoms with Gasteiger partial charge in [0.2, 0.25) is 0 Å². The van der Waals surface area contributed by atoms with E-state index in [0.717, 1.165) is 17.1 Å². The smallest absolute Gasteiger partial charge is 0.271 e. The van der Waals surface area contributed by atoms with Crippen LogP contribution in [0.15, 0.2) is 64.3 Å². The number of furan rings is 1. The number of carbonyl (C=O) groups excluding carboxylic acids is 1. The Morgan fingerprint density at radius 3 is 2.39 bits per heavy atom. The van der Waals surface area contributed by atoms with Crippen LogP contribution >= 0.6 is 0 Å². The lowest BCUT2D eigenvalue weighted by Crippen LogP contribution is -2.17. The van der Waals surface area contributed by atoms with Gasteiger partial charge >= 0.3 is 0 Å². The molecule has 5 nitrogen and oxygen atoms in total. The molecule has 1 amide bonds. The van der Waals surface area contributed by atoms with Crippen LogP contribution in [0.4, 0.5) is 0 Å². The first-order valence-corrected chi connectivity index (χ1v) is 7.27. The molecule has 0 aliphatic heterocycles. The molecule has 0 aliphatic rings. The first kappa shape index (κ1) is 14.8. The van der Waals surface area contributed by atoms with Gasteiger partial charge in [0.1, 0.15) is 5.76 Å². The summed E-state index contributed by atoms with van der Waals surface area (Å²) in [6, 6.07) is 15.1. The lowest BCUT2D eigenvalue weighted by atomic mass is 10.2. The van der Waals surface area contributed by atoms with Gasteiger partial charge in [-0.1, -0.05) is 0 Å². The third-order valence-electron chi connectivity index (χ3n) is 3.56. The van der Waals surface area contributed by atoms with Crippen LogP contribution in [0.3, 0.4) is 0 Å². The van der Waals surface area contributed by atoms with E-state index < -0.39 is 0 Å². The van der Waals surface area contributed by atoms with Crippen molar-refractivity contribution in [2.75, 3.05) is 0 Å². The zero-order valence-electron chi connectivity index (χ0n) is 13.0.